The van der Waals surface area contributed by atoms with Crippen molar-refractivity contribution in [2.45, 2.75) is 23.8 Å². The number of nitrogens with zero attached hydrogens (tertiary/aromatic N) is 3. The molecule has 1 aromatic carbocycles. The zero-order valence-electron chi connectivity index (χ0n) is 11.2. The first-order chi connectivity index (χ1) is 10.3. The second-order valence-electron chi connectivity index (χ2n) is 4.28. The highest BCUT2D eigenvalue weighted by Gasteiger charge is 2.20. The summed E-state index contributed by atoms with van der Waals surface area (Å²) in [6.07, 6.45) is 2.13. The molecule has 6 nitrogen and oxygen atoms in total. The van der Waals surface area contributed by atoms with Crippen LogP contribution in [0.5, 0.6) is 0 Å². The summed E-state index contributed by atoms with van der Waals surface area (Å²) in [4.78, 5) is 20.8. The summed E-state index contributed by atoms with van der Waals surface area (Å²) >= 11 is 2.84. The fourth-order valence-corrected chi connectivity index (χ4v) is 3.50. The summed E-state index contributed by atoms with van der Waals surface area (Å²) in [7, 11) is 0. The lowest BCUT2D eigenvalue weighted by Crippen LogP contribution is -2.24. The van der Waals surface area contributed by atoms with E-state index in [2.05, 4.69) is 25.5 Å². The van der Waals surface area contributed by atoms with Crippen molar-refractivity contribution in [2.75, 3.05) is 5.32 Å². The average Bonchev–Trinajstić information content (AvgIpc) is 3.13. The Morgan fingerprint density at radius 3 is 3.05 bits per heavy atom. The van der Waals surface area contributed by atoms with Crippen LogP contribution >= 0.6 is 23.1 Å². The number of aromatic amines is 1. The summed E-state index contributed by atoms with van der Waals surface area (Å²) in [5.74, 6) is -0.0713. The maximum atomic E-state index is 12.3. The normalized spacial score (nSPS) is 12.4. The Morgan fingerprint density at radius 2 is 2.33 bits per heavy atom. The lowest BCUT2D eigenvalue weighted by Gasteiger charge is -2.11. The summed E-state index contributed by atoms with van der Waals surface area (Å²) in [5, 5.41) is 10.4. The van der Waals surface area contributed by atoms with E-state index in [1.807, 2.05) is 31.2 Å². The number of anilines is 1. The van der Waals surface area contributed by atoms with Gasteiger partial charge in [-0.25, -0.2) is 9.97 Å². The largest absolute Gasteiger partial charge is 0.301 e. The van der Waals surface area contributed by atoms with Gasteiger partial charge in [0.05, 0.1) is 15.5 Å². The molecule has 0 aliphatic carbocycles. The van der Waals surface area contributed by atoms with E-state index in [0.29, 0.717) is 16.7 Å². The molecule has 0 saturated carbocycles. The first-order valence-electron chi connectivity index (χ1n) is 6.44. The second kappa shape index (κ2) is 6.23. The third kappa shape index (κ3) is 3.22. The van der Waals surface area contributed by atoms with E-state index in [9.17, 15) is 4.79 Å². The number of H-pyrrole nitrogens is 1. The number of amides is 1. The number of rotatable bonds is 5. The molecule has 0 fully saturated rings. The van der Waals surface area contributed by atoms with Gasteiger partial charge in [-0.2, -0.15) is 5.10 Å². The zero-order valence-corrected chi connectivity index (χ0v) is 12.9. The third-order valence-electron chi connectivity index (χ3n) is 2.83. The molecule has 2 heterocycles. The maximum absolute atomic E-state index is 12.3. The van der Waals surface area contributed by atoms with Gasteiger partial charge in [0.2, 0.25) is 5.91 Å². The highest BCUT2D eigenvalue weighted by molar-refractivity contribution is 8.00. The predicted molar refractivity (Wildman–Crippen MR) is 84.6 cm³/mol. The Hall–Kier alpha value is -1.93. The van der Waals surface area contributed by atoms with E-state index in [1.165, 1.54) is 29.4 Å². The van der Waals surface area contributed by atoms with Gasteiger partial charge in [0.1, 0.15) is 6.33 Å². The zero-order chi connectivity index (χ0) is 14.7. The molecule has 21 heavy (non-hydrogen) atoms. The van der Waals surface area contributed by atoms with Crippen molar-refractivity contribution in [1.82, 2.24) is 20.2 Å². The number of benzene rings is 1. The SMILES string of the molecule is CCC(Sc1ncn[nH]1)C(=O)Nc1nc2ccccc2s1. The van der Waals surface area contributed by atoms with Crippen LogP contribution < -0.4 is 5.32 Å². The fourth-order valence-electron chi connectivity index (χ4n) is 1.82. The molecular weight excluding hydrogens is 306 g/mol. The minimum Gasteiger partial charge on any atom is -0.301 e. The molecule has 2 aromatic heterocycles. The van der Waals surface area contributed by atoms with Crippen LogP contribution in [0.3, 0.4) is 0 Å². The third-order valence-corrected chi connectivity index (χ3v) is 5.04. The Morgan fingerprint density at radius 1 is 1.48 bits per heavy atom. The van der Waals surface area contributed by atoms with E-state index in [0.717, 1.165) is 10.2 Å². The Bertz CT molecular complexity index is 707. The maximum Gasteiger partial charge on any atom is 0.239 e. The number of hydrogen-bond donors (Lipinski definition) is 2. The van der Waals surface area contributed by atoms with E-state index in [-0.39, 0.29) is 11.2 Å². The molecule has 3 aromatic rings. The van der Waals surface area contributed by atoms with Crippen LogP contribution in [0.15, 0.2) is 35.7 Å². The first kappa shape index (κ1) is 14.0. The number of aromatic nitrogens is 4. The van der Waals surface area contributed by atoms with Crippen molar-refractivity contribution in [3.8, 4) is 0 Å². The number of carbonyl (C=O) groups excluding carboxylic acids is 1. The highest BCUT2D eigenvalue weighted by Crippen LogP contribution is 2.27. The van der Waals surface area contributed by atoms with Crippen molar-refractivity contribution in [3.63, 3.8) is 0 Å². The minimum absolute atomic E-state index is 0.0713. The molecule has 2 N–H and O–H groups in total. The topological polar surface area (TPSA) is 83.6 Å². The summed E-state index contributed by atoms with van der Waals surface area (Å²) in [6.45, 7) is 1.96. The number of para-hydroxylation sites is 1. The number of fused-ring (bicyclic) bond motifs is 1. The van der Waals surface area contributed by atoms with Gasteiger partial charge in [-0.3, -0.25) is 9.89 Å². The number of nitrogens with one attached hydrogen (secondary N) is 2. The number of hydrogen-bond acceptors (Lipinski definition) is 6. The fraction of sp³-hybridized carbons (Fsp3) is 0.231. The van der Waals surface area contributed by atoms with Gasteiger partial charge in [-0.1, -0.05) is 42.2 Å². The lowest BCUT2D eigenvalue weighted by atomic mass is 10.3. The van der Waals surface area contributed by atoms with Gasteiger partial charge in [0, 0.05) is 0 Å². The van der Waals surface area contributed by atoms with Gasteiger partial charge in [-0.15, -0.1) is 0 Å². The molecule has 0 aliphatic rings. The number of thiazole rings is 1. The van der Waals surface area contributed by atoms with E-state index in [4.69, 9.17) is 0 Å². The van der Waals surface area contributed by atoms with Gasteiger partial charge in [-0.05, 0) is 18.6 Å². The summed E-state index contributed by atoms with van der Waals surface area (Å²) in [6, 6.07) is 7.81. The molecule has 8 heteroatoms. The molecule has 108 valence electrons. The number of carbonyl (C=O) groups is 1. The van der Waals surface area contributed by atoms with Crippen molar-refractivity contribution < 1.29 is 4.79 Å². The van der Waals surface area contributed by atoms with Crippen molar-refractivity contribution in [1.29, 1.82) is 0 Å². The molecule has 0 spiro atoms. The molecule has 1 atom stereocenters. The molecule has 3 rings (SSSR count). The van der Waals surface area contributed by atoms with Crippen molar-refractivity contribution in [2.24, 2.45) is 0 Å². The molecule has 1 unspecified atom stereocenters. The Kier molecular flexibility index (Phi) is 4.16. The first-order valence-corrected chi connectivity index (χ1v) is 8.14. The van der Waals surface area contributed by atoms with Crippen LogP contribution in [-0.4, -0.2) is 31.3 Å². The van der Waals surface area contributed by atoms with Gasteiger partial charge in [0.15, 0.2) is 10.3 Å². The van der Waals surface area contributed by atoms with Gasteiger partial charge < -0.3 is 5.32 Å². The van der Waals surface area contributed by atoms with Crippen LogP contribution in [0.1, 0.15) is 13.3 Å². The molecule has 0 bridgehead atoms. The number of thioether (sulfide) groups is 1. The molecule has 0 aliphatic heterocycles. The van der Waals surface area contributed by atoms with Crippen molar-refractivity contribution in [3.05, 3.63) is 30.6 Å². The molecule has 0 radical (unpaired) electrons. The van der Waals surface area contributed by atoms with Crippen LogP contribution in [0.4, 0.5) is 5.13 Å². The van der Waals surface area contributed by atoms with Crippen LogP contribution in [0.2, 0.25) is 0 Å². The quantitative estimate of drug-likeness (QED) is 0.706. The molecule has 1 amide bonds. The Balaban J connectivity index is 1.71. The summed E-state index contributed by atoms with van der Waals surface area (Å²) in [5.41, 5.74) is 0.897. The highest BCUT2D eigenvalue weighted by atomic mass is 32.2. The van der Waals surface area contributed by atoms with E-state index >= 15 is 0 Å². The van der Waals surface area contributed by atoms with E-state index in [1.54, 1.807) is 0 Å². The Labute approximate surface area is 129 Å². The second-order valence-corrected chi connectivity index (χ2v) is 6.50. The van der Waals surface area contributed by atoms with Crippen molar-refractivity contribution >= 4 is 44.4 Å². The molecule has 0 saturated heterocycles. The molecular formula is C13H13N5OS2. The van der Waals surface area contributed by atoms with Crippen LogP contribution in [-0.2, 0) is 4.79 Å². The standard InChI is InChI=1S/C13H13N5OS2/c1-2-9(20-12-14-7-15-18-12)11(19)17-13-16-8-5-3-4-6-10(8)21-13/h3-7,9H,2H2,1H3,(H,14,15,18)(H,16,17,19). The summed E-state index contributed by atoms with van der Waals surface area (Å²) < 4.78 is 1.06. The monoisotopic (exact) mass is 319 g/mol. The average molecular weight is 319 g/mol. The van der Waals surface area contributed by atoms with Gasteiger partial charge in [0.25, 0.3) is 0 Å². The van der Waals surface area contributed by atoms with Crippen LogP contribution in [0, 0.1) is 0 Å². The van der Waals surface area contributed by atoms with Gasteiger partial charge >= 0.3 is 0 Å². The predicted octanol–water partition coefficient (Wildman–Crippen LogP) is 2.92. The lowest BCUT2D eigenvalue weighted by molar-refractivity contribution is -0.115. The van der Waals surface area contributed by atoms with E-state index < -0.39 is 0 Å². The smallest absolute Gasteiger partial charge is 0.239 e. The van der Waals surface area contributed by atoms with Crippen LogP contribution in [0.25, 0.3) is 10.2 Å². The minimum atomic E-state index is -0.232.